The lowest BCUT2D eigenvalue weighted by Crippen LogP contribution is -2.44. The lowest BCUT2D eigenvalue weighted by atomic mass is 10.0. The second-order valence-electron chi connectivity index (χ2n) is 3.92. The fourth-order valence-electron chi connectivity index (χ4n) is 2.05. The normalized spacial score (nSPS) is 17.9. The number of methoxy groups -OCH3 is 1. The zero-order chi connectivity index (χ0) is 10.9. The third-order valence-corrected chi connectivity index (χ3v) is 2.92. The van der Waals surface area contributed by atoms with Gasteiger partial charge in [-0.15, -0.1) is 0 Å². The maximum absolute atomic E-state index is 8.62. The fourth-order valence-corrected chi connectivity index (χ4v) is 2.05. The van der Waals surface area contributed by atoms with Gasteiger partial charge in [0.1, 0.15) is 0 Å². The number of rotatable bonds is 6. The van der Waals surface area contributed by atoms with Crippen molar-refractivity contribution in [1.29, 1.82) is 5.26 Å². The van der Waals surface area contributed by atoms with Crippen LogP contribution in [-0.4, -0.2) is 50.8 Å². The number of ether oxygens (including phenoxy) is 1. The number of piperidine rings is 1. The summed E-state index contributed by atoms with van der Waals surface area (Å²) in [5.41, 5.74) is 0. The van der Waals surface area contributed by atoms with Gasteiger partial charge in [-0.2, -0.15) is 5.26 Å². The molecule has 4 heteroatoms. The van der Waals surface area contributed by atoms with E-state index in [0.717, 1.165) is 32.8 Å². The molecule has 1 saturated heterocycles. The number of nitrogens with zero attached hydrogens (tertiary/aromatic N) is 2. The first kappa shape index (κ1) is 12.4. The molecule has 1 aliphatic heterocycles. The Balaban J connectivity index is 2.34. The molecule has 0 aromatic rings. The second-order valence-corrected chi connectivity index (χ2v) is 3.92. The first-order valence-electron chi connectivity index (χ1n) is 5.69. The number of nitriles is 1. The van der Waals surface area contributed by atoms with Crippen LogP contribution in [-0.2, 0) is 4.74 Å². The van der Waals surface area contributed by atoms with Crippen LogP contribution >= 0.6 is 0 Å². The molecule has 1 fully saturated rings. The molecular weight excluding hydrogens is 190 g/mol. The van der Waals surface area contributed by atoms with Gasteiger partial charge in [-0.25, -0.2) is 0 Å². The fraction of sp³-hybridized carbons (Fsp3) is 0.909. The van der Waals surface area contributed by atoms with Crippen molar-refractivity contribution in [2.24, 2.45) is 0 Å². The minimum atomic E-state index is 0.619. The summed E-state index contributed by atoms with van der Waals surface area (Å²) in [6, 6.07) is 2.85. The van der Waals surface area contributed by atoms with Gasteiger partial charge in [-0.05, 0) is 25.9 Å². The van der Waals surface area contributed by atoms with Crippen LogP contribution in [0.15, 0.2) is 0 Å². The summed E-state index contributed by atoms with van der Waals surface area (Å²) in [6.07, 6.45) is 3.00. The largest absolute Gasteiger partial charge is 0.383 e. The maximum atomic E-state index is 8.62. The van der Waals surface area contributed by atoms with Gasteiger partial charge in [-0.3, -0.25) is 4.90 Å². The van der Waals surface area contributed by atoms with Crippen LogP contribution in [0.1, 0.15) is 19.3 Å². The zero-order valence-electron chi connectivity index (χ0n) is 9.54. The van der Waals surface area contributed by atoms with Crippen molar-refractivity contribution >= 4 is 0 Å². The Morgan fingerprint density at radius 2 is 2.13 bits per heavy atom. The van der Waals surface area contributed by atoms with E-state index in [-0.39, 0.29) is 0 Å². The third-order valence-electron chi connectivity index (χ3n) is 2.92. The van der Waals surface area contributed by atoms with Crippen LogP contribution in [0.3, 0.4) is 0 Å². The predicted molar refractivity (Wildman–Crippen MR) is 59.6 cm³/mol. The van der Waals surface area contributed by atoms with E-state index < -0.39 is 0 Å². The van der Waals surface area contributed by atoms with Gasteiger partial charge in [0, 0.05) is 32.7 Å². The summed E-state index contributed by atoms with van der Waals surface area (Å²) in [7, 11) is 1.73. The minimum Gasteiger partial charge on any atom is -0.383 e. The average Bonchev–Trinajstić information content (AvgIpc) is 2.30. The van der Waals surface area contributed by atoms with Crippen LogP contribution in [0.4, 0.5) is 0 Å². The molecule has 0 aliphatic carbocycles. The summed E-state index contributed by atoms with van der Waals surface area (Å²) in [5.74, 6) is 0. The lowest BCUT2D eigenvalue weighted by molar-refractivity contribution is 0.107. The Kier molecular flexibility index (Phi) is 6.33. The van der Waals surface area contributed by atoms with Gasteiger partial charge in [0.05, 0.1) is 12.7 Å². The van der Waals surface area contributed by atoms with Crippen molar-refractivity contribution in [3.63, 3.8) is 0 Å². The van der Waals surface area contributed by atoms with E-state index in [0.29, 0.717) is 12.5 Å². The zero-order valence-corrected chi connectivity index (χ0v) is 9.54. The Bertz CT molecular complexity index is 196. The molecule has 1 heterocycles. The molecule has 0 radical (unpaired) electrons. The lowest BCUT2D eigenvalue weighted by Gasteiger charge is -2.34. The molecule has 0 aromatic carbocycles. The summed E-state index contributed by atoms with van der Waals surface area (Å²) in [6.45, 7) is 4.78. The first-order valence-corrected chi connectivity index (χ1v) is 5.69. The average molecular weight is 211 g/mol. The van der Waals surface area contributed by atoms with Crippen molar-refractivity contribution in [2.45, 2.75) is 25.3 Å². The van der Waals surface area contributed by atoms with E-state index in [1.807, 2.05) is 0 Å². The van der Waals surface area contributed by atoms with E-state index in [2.05, 4.69) is 16.3 Å². The smallest absolute Gasteiger partial charge is 0.0635 e. The molecule has 1 N–H and O–H groups in total. The van der Waals surface area contributed by atoms with Crippen LogP contribution in [0.5, 0.6) is 0 Å². The number of hydrogen-bond acceptors (Lipinski definition) is 4. The Hall–Kier alpha value is -0.630. The van der Waals surface area contributed by atoms with Gasteiger partial charge in [0.2, 0.25) is 0 Å². The number of hydrogen-bond donors (Lipinski definition) is 1. The van der Waals surface area contributed by atoms with Crippen molar-refractivity contribution in [3.05, 3.63) is 0 Å². The van der Waals surface area contributed by atoms with Gasteiger partial charge >= 0.3 is 0 Å². The highest BCUT2D eigenvalue weighted by molar-refractivity contribution is 4.80. The number of nitrogens with one attached hydrogen (secondary N) is 1. The van der Waals surface area contributed by atoms with Crippen molar-refractivity contribution in [3.8, 4) is 6.07 Å². The van der Waals surface area contributed by atoms with Crippen molar-refractivity contribution in [1.82, 2.24) is 10.2 Å². The second kappa shape index (κ2) is 7.63. The van der Waals surface area contributed by atoms with Gasteiger partial charge in [0.25, 0.3) is 0 Å². The maximum Gasteiger partial charge on any atom is 0.0635 e. The van der Waals surface area contributed by atoms with Gasteiger partial charge in [0.15, 0.2) is 0 Å². The third kappa shape index (κ3) is 4.61. The molecule has 86 valence electrons. The molecule has 0 saturated carbocycles. The van der Waals surface area contributed by atoms with Crippen LogP contribution in [0.25, 0.3) is 0 Å². The summed E-state index contributed by atoms with van der Waals surface area (Å²) < 4.78 is 5.10. The topological polar surface area (TPSA) is 48.3 Å². The Labute approximate surface area is 92.2 Å². The van der Waals surface area contributed by atoms with Crippen LogP contribution in [0, 0.1) is 11.3 Å². The van der Waals surface area contributed by atoms with Crippen LogP contribution in [0.2, 0.25) is 0 Å². The first-order chi connectivity index (χ1) is 7.38. The highest BCUT2D eigenvalue weighted by Crippen LogP contribution is 2.11. The Morgan fingerprint density at radius 1 is 1.40 bits per heavy atom. The van der Waals surface area contributed by atoms with E-state index in [9.17, 15) is 0 Å². The SMILES string of the molecule is COCCN(CCC#N)C1CCNCC1. The molecule has 0 amide bonds. The van der Waals surface area contributed by atoms with E-state index in [1.165, 1.54) is 12.8 Å². The van der Waals surface area contributed by atoms with E-state index >= 15 is 0 Å². The summed E-state index contributed by atoms with van der Waals surface area (Å²) >= 11 is 0. The Morgan fingerprint density at radius 3 is 2.73 bits per heavy atom. The quantitative estimate of drug-likeness (QED) is 0.699. The molecule has 15 heavy (non-hydrogen) atoms. The predicted octanol–water partition coefficient (Wildman–Crippen LogP) is 0.600. The monoisotopic (exact) mass is 211 g/mol. The van der Waals surface area contributed by atoms with E-state index in [4.69, 9.17) is 10.00 Å². The van der Waals surface area contributed by atoms with Crippen molar-refractivity contribution in [2.75, 3.05) is 39.9 Å². The molecule has 0 atom stereocenters. The highest BCUT2D eigenvalue weighted by Gasteiger charge is 2.19. The minimum absolute atomic E-state index is 0.619. The van der Waals surface area contributed by atoms with Gasteiger partial charge < -0.3 is 10.1 Å². The van der Waals surface area contributed by atoms with E-state index in [1.54, 1.807) is 7.11 Å². The summed E-state index contributed by atoms with van der Waals surface area (Å²) in [4.78, 5) is 2.40. The molecule has 1 aliphatic rings. The van der Waals surface area contributed by atoms with Crippen LogP contribution < -0.4 is 5.32 Å². The molecule has 0 aromatic heterocycles. The molecule has 1 rings (SSSR count). The molecule has 0 spiro atoms. The molecule has 0 unspecified atom stereocenters. The standard InChI is InChI=1S/C11H21N3O/c1-15-10-9-14(8-2-5-12)11-3-6-13-7-4-11/h11,13H,2-4,6-10H2,1H3. The van der Waals surface area contributed by atoms with Crippen molar-refractivity contribution < 1.29 is 4.74 Å². The molecule has 4 nitrogen and oxygen atoms in total. The molecule has 0 bridgehead atoms. The molecular formula is C11H21N3O. The van der Waals surface area contributed by atoms with Gasteiger partial charge in [-0.1, -0.05) is 0 Å². The summed E-state index contributed by atoms with van der Waals surface area (Å²) in [5, 5.41) is 12.0. The highest BCUT2D eigenvalue weighted by atomic mass is 16.5.